The zero-order chi connectivity index (χ0) is 8.55. The zero-order valence-corrected chi connectivity index (χ0v) is 7.21. The van der Waals surface area contributed by atoms with Gasteiger partial charge in [-0.25, -0.2) is 0 Å². The van der Waals surface area contributed by atoms with Crippen LogP contribution in [0, 0.1) is 0 Å². The van der Waals surface area contributed by atoms with Gasteiger partial charge in [-0.1, -0.05) is 11.6 Å². The maximum Gasteiger partial charge on any atom is 0.125 e. The molecular weight excluding hydrogens is 176 g/mol. The Balaban J connectivity index is 2.47. The van der Waals surface area contributed by atoms with Crippen molar-refractivity contribution in [1.82, 2.24) is 0 Å². The third-order valence-electron chi connectivity index (χ3n) is 1.98. The lowest BCUT2D eigenvalue weighted by molar-refractivity contribution is 0.115. The number of halogens is 1. The van der Waals surface area contributed by atoms with Crippen LogP contribution in [-0.2, 0) is 0 Å². The second kappa shape index (κ2) is 2.96. The molecule has 1 heterocycles. The molecule has 2 rings (SSSR count). The van der Waals surface area contributed by atoms with Crippen molar-refractivity contribution in [3.63, 3.8) is 0 Å². The number of hydrogen-bond acceptors (Lipinski definition) is 2. The highest BCUT2D eigenvalue weighted by atomic mass is 35.5. The lowest BCUT2D eigenvalue weighted by Crippen LogP contribution is -2.13. The molecule has 3 heteroatoms. The molecule has 0 spiro atoms. The lowest BCUT2D eigenvalue weighted by atomic mass is 10.0. The van der Waals surface area contributed by atoms with Crippen molar-refractivity contribution in [2.45, 2.75) is 12.5 Å². The molecule has 0 fully saturated rings. The molecule has 0 amide bonds. The van der Waals surface area contributed by atoms with Crippen LogP contribution in [0.5, 0.6) is 5.75 Å². The molecule has 64 valence electrons. The van der Waals surface area contributed by atoms with Crippen LogP contribution in [0.4, 0.5) is 0 Å². The van der Waals surface area contributed by atoms with Crippen LogP contribution in [0.25, 0.3) is 0 Å². The van der Waals surface area contributed by atoms with E-state index in [2.05, 4.69) is 0 Å². The third-order valence-corrected chi connectivity index (χ3v) is 2.21. The van der Waals surface area contributed by atoms with Gasteiger partial charge < -0.3 is 9.84 Å². The van der Waals surface area contributed by atoms with Gasteiger partial charge >= 0.3 is 0 Å². The van der Waals surface area contributed by atoms with Gasteiger partial charge in [-0.05, 0) is 18.2 Å². The van der Waals surface area contributed by atoms with E-state index in [-0.39, 0.29) is 0 Å². The zero-order valence-electron chi connectivity index (χ0n) is 6.46. The summed E-state index contributed by atoms with van der Waals surface area (Å²) in [5.74, 6) is 0.748. The van der Waals surface area contributed by atoms with Gasteiger partial charge in [0.2, 0.25) is 0 Å². The second-order valence-electron chi connectivity index (χ2n) is 2.84. The third kappa shape index (κ3) is 1.28. The molecule has 0 saturated heterocycles. The smallest absolute Gasteiger partial charge is 0.125 e. The highest BCUT2D eigenvalue weighted by Gasteiger charge is 2.18. The van der Waals surface area contributed by atoms with Gasteiger partial charge in [-0.2, -0.15) is 0 Å². The Morgan fingerprint density at radius 3 is 3.17 bits per heavy atom. The predicted molar refractivity (Wildman–Crippen MR) is 46.5 cm³/mol. The van der Waals surface area contributed by atoms with E-state index < -0.39 is 6.10 Å². The summed E-state index contributed by atoms with van der Waals surface area (Å²) < 4.78 is 5.33. The number of benzene rings is 1. The van der Waals surface area contributed by atoms with E-state index in [1.165, 1.54) is 0 Å². The Morgan fingerprint density at radius 2 is 2.33 bits per heavy atom. The molecule has 1 aromatic rings. The van der Waals surface area contributed by atoms with Crippen molar-refractivity contribution in [3.05, 3.63) is 28.8 Å². The fourth-order valence-electron chi connectivity index (χ4n) is 1.35. The van der Waals surface area contributed by atoms with E-state index in [1.54, 1.807) is 18.2 Å². The number of aliphatic hydroxyl groups is 1. The summed E-state index contributed by atoms with van der Waals surface area (Å²) in [6.07, 6.45) is 0.223. The average molecular weight is 185 g/mol. The first-order valence-electron chi connectivity index (χ1n) is 3.87. The number of fused-ring (bicyclic) bond motifs is 1. The van der Waals surface area contributed by atoms with Crippen LogP contribution in [0.1, 0.15) is 18.1 Å². The van der Waals surface area contributed by atoms with Crippen LogP contribution in [0.2, 0.25) is 5.02 Å². The van der Waals surface area contributed by atoms with Gasteiger partial charge in [0.05, 0.1) is 12.7 Å². The molecule has 0 aliphatic carbocycles. The van der Waals surface area contributed by atoms with Gasteiger partial charge in [-0.15, -0.1) is 0 Å². The Kier molecular flexibility index (Phi) is 1.95. The largest absolute Gasteiger partial charge is 0.493 e. The summed E-state index contributed by atoms with van der Waals surface area (Å²) in [5.41, 5.74) is 0.800. The van der Waals surface area contributed by atoms with Gasteiger partial charge in [0, 0.05) is 17.0 Å². The minimum absolute atomic E-state index is 0.424. The summed E-state index contributed by atoms with van der Waals surface area (Å²) in [6.45, 7) is 0.579. The van der Waals surface area contributed by atoms with Crippen LogP contribution in [-0.4, -0.2) is 11.7 Å². The molecule has 0 saturated carbocycles. The minimum atomic E-state index is -0.424. The molecule has 1 aromatic carbocycles. The van der Waals surface area contributed by atoms with Crippen molar-refractivity contribution in [2.24, 2.45) is 0 Å². The molecule has 0 bridgehead atoms. The fourth-order valence-corrected chi connectivity index (χ4v) is 1.53. The monoisotopic (exact) mass is 184 g/mol. The van der Waals surface area contributed by atoms with E-state index >= 15 is 0 Å². The van der Waals surface area contributed by atoms with Gasteiger partial charge in [0.1, 0.15) is 5.75 Å². The van der Waals surface area contributed by atoms with Crippen molar-refractivity contribution < 1.29 is 9.84 Å². The van der Waals surface area contributed by atoms with E-state index in [9.17, 15) is 5.11 Å². The van der Waals surface area contributed by atoms with Crippen molar-refractivity contribution in [3.8, 4) is 5.75 Å². The maximum absolute atomic E-state index is 9.55. The average Bonchev–Trinajstić information content (AvgIpc) is 2.07. The first-order chi connectivity index (χ1) is 5.77. The summed E-state index contributed by atoms with van der Waals surface area (Å²) in [4.78, 5) is 0. The van der Waals surface area contributed by atoms with E-state index in [0.717, 1.165) is 11.3 Å². The molecule has 0 unspecified atom stereocenters. The second-order valence-corrected chi connectivity index (χ2v) is 3.27. The molecule has 1 aliphatic rings. The molecule has 1 N–H and O–H groups in total. The Bertz CT molecular complexity index is 299. The van der Waals surface area contributed by atoms with Crippen molar-refractivity contribution >= 4 is 11.6 Å². The summed E-state index contributed by atoms with van der Waals surface area (Å²) in [6, 6.07) is 5.30. The van der Waals surface area contributed by atoms with E-state index in [4.69, 9.17) is 16.3 Å². The number of ether oxygens (including phenoxy) is 1. The molecule has 12 heavy (non-hydrogen) atoms. The maximum atomic E-state index is 9.55. The standard InChI is InChI=1S/C9H9ClO2/c10-6-1-2-9-7(5-6)8(11)3-4-12-9/h1-2,5,8,11H,3-4H2/t8-/m1/s1. The first-order valence-corrected chi connectivity index (χ1v) is 4.25. The number of hydrogen-bond donors (Lipinski definition) is 1. The van der Waals surface area contributed by atoms with Crippen molar-refractivity contribution in [2.75, 3.05) is 6.61 Å². The molecular formula is C9H9ClO2. The number of aliphatic hydroxyl groups excluding tert-OH is 1. The van der Waals surface area contributed by atoms with Gasteiger partial charge in [0.25, 0.3) is 0 Å². The van der Waals surface area contributed by atoms with E-state index in [1.807, 2.05) is 0 Å². The first kappa shape index (κ1) is 7.90. The predicted octanol–water partition coefficient (Wildman–Crippen LogP) is 2.16. The Labute approximate surface area is 75.7 Å². The van der Waals surface area contributed by atoms with E-state index in [0.29, 0.717) is 18.1 Å². The Hall–Kier alpha value is -0.730. The fraction of sp³-hybridized carbons (Fsp3) is 0.333. The summed E-state index contributed by atoms with van der Waals surface area (Å²) in [7, 11) is 0. The topological polar surface area (TPSA) is 29.5 Å². The molecule has 1 atom stereocenters. The van der Waals surface area contributed by atoms with Crippen LogP contribution < -0.4 is 4.74 Å². The SMILES string of the molecule is O[C@@H]1CCOc2ccc(Cl)cc21. The minimum Gasteiger partial charge on any atom is -0.493 e. The highest BCUT2D eigenvalue weighted by Crippen LogP contribution is 2.33. The van der Waals surface area contributed by atoms with Crippen molar-refractivity contribution in [1.29, 1.82) is 0 Å². The van der Waals surface area contributed by atoms with Crippen LogP contribution in [0.15, 0.2) is 18.2 Å². The lowest BCUT2D eigenvalue weighted by Gasteiger charge is -2.21. The molecule has 1 aliphatic heterocycles. The molecule has 0 radical (unpaired) electrons. The quantitative estimate of drug-likeness (QED) is 0.670. The number of rotatable bonds is 0. The summed E-state index contributed by atoms with van der Waals surface area (Å²) >= 11 is 5.78. The highest BCUT2D eigenvalue weighted by molar-refractivity contribution is 6.30. The van der Waals surface area contributed by atoms with Crippen LogP contribution >= 0.6 is 11.6 Å². The van der Waals surface area contributed by atoms with Crippen LogP contribution in [0.3, 0.4) is 0 Å². The normalized spacial score (nSPS) is 21.3. The van der Waals surface area contributed by atoms with Gasteiger partial charge in [-0.3, -0.25) is 0 Å². The molecule has 0 aromatic heterocycles. The molecule has 2 nitrogen and oxygen atoms in total. The summed E-state index contributed by atoms with van der Waals surface area (Å²) in [5, 5.41) is 10.2. The van der Waals surface area contributed by atoms with Gasteiger partial charge in [0.15, 0.2) is 0 Å². The Morgan fingerprint density at radius 1 is 1.50 bits per heavy atom.